The zero-order chi connectivity index (χ0) is 14.5. The molecular formula is C12H13N3O5. The SMILES string of the molecule is O=C(N[C@H]1CCNC1)OC(=O)c1ccc([N+](=O)[O-])cc1. The molecule has 0 aliphatic carbocycles. The van der Waals surface area contributed by atoms with Crippen LogP contribution in [0.3, 0.4) is 0 Å². The van der Waals surface area contributed by atoms with Gasteiger partial charge in [-0.05, 0) is 25.1 Å². The zero-order valence-electron chi connectivity index (χ0n) is 10.5. The van der Waals surface area contributed by atoms with Gasteiger partial charge in [0.1, 0.15) is 0 Å². The Kier molecular flexibility index (Phi) is 4.26. The number of amides is 1. The molecule has 0 bridgehead atoms. The highest BCUT2D eigenvalue weighted by molar-refractivity contribution is 5.96. The van der Waals surface area contributed by atoms with E-state index in [0.29, 0.717) is 6.54 Å². The van der Waals surface area contributed by atoms with E-state index in [-0.39, 0.29) is 17.3 Å². The second kappa shape index (κ2) is 6.11. The molecule has 1 saturated heterocycles. The first-order valence-corrected chi connectivity index (χ1v) is 6.04. The van der Waals surface area contributed by atoms with Crippen molar-refractivity contribution in [2.45, 2.75) is 12.5 Å². The number of alkyl carbamates (subject to hydrolysis) is 1. The number of nitrogens with zero attached hydrogens (tertiary/aromatic N) is 1. The van der Waals surface area contributed by atoms with Crippen molar-refractivity contribution >= 4 is 17.7 Å². The molecule has 2 rings (SSSR count). The average molecular weight is 279 g/mol. The summed E-state index contributed by atoms with van der Waals surface area (Å²) in [6.07, 6.45) is -0.0390. The molecule has 0 radical (unpaired) electrons. The molecule has 8 heteroatoms. The molecule has 0 aromatic heterocycles. The highest BCUT2D eigenvalue weighted by Gasteiger charge is 2.20. The van der Waals surface area contributed by atoms with Gasteiger partial charge in [-0.1, -0.05) is 0 Å². The van der Waals surface area contributed by atoms with Crippen LogP contribution in [0.25, 0.3) is 0 Å². The first kappa shape index (κ1) is 13.9. The molecule has 0 unspecified atom stereocenters. The second-order valence-electron chi connectivity index (χ2n) is 4.32. The van der Waals surface area contributed by atoms with E-state index in [4.69, 9.17) is 0 Å². The lowest BCUT2D eigenvalue weighted by Crippen LogP contribution is -2.37. The lowest BCUT2D eigenvalue weighted by Gasteiger charge is -2.10. The van der Waals surface area contributed by atoms with E-state index in [9.17, 15) is 19.7 Å². The van der Waals surface area contributed by atoms with Crippen molar-refractivity contribution in [3.63, 3.8) is 0 Å². The molecule has 20 heavy (non-hydrogen) atoms. The highest BCUT2D eigenvalue weighted by Crippen LogP contribution is 2.12. The minimum Gasteiger partial charge on any atom is -0.373 e. The predicted octanol–water partition coefficient (Wildman–Crippen LogP) is 0.823. The largest absolute Gasteiger partial charge is 0.415 e. The van der Waals surface area contributed by atoms with Crippen LogP contribution in [0.2, 0.25) is 0 Å². The van der Waals surface area contributed by atoms with E-state index in [1.165, 1.54) is 24.3 Å². The number of nitrogens with one attached hydrogen (secondary N) is 2. The molecule has 1 aromatic rings. The molecule has 1 heterocycles. The van der Waals surface area contributed by atoms with Gasteiger partial charge in [-0.15, -0.1) is 0 Å². The summed E-state index contributed by atoms with van der Waals surface area (Å²) in [5, 5.41) is 16.1. The number of carbonyl (C=O) groups excluding carboxylic acids is 2. The Labute approximate surface area is 114 Å². The molecule has 1 aromatic carbocycles. The average Bonchev–Trinajstić information content (AvgIpc) is 2.91. The van der Waals surface area contributed by atoms with Gasteiger partial charge in [0, 0.05) is 24.7 Å². The van der Waals surface area contributed by atoms with Crippen LogP contribution in [0.5, 0.6) is 0 Å². The number of non-ortho nitro benzene ring substituents is 1. The van der Waals surface area contributed by atoms with Gasteiger partial charge in [0.15, 0.2) is 0 Å². The summed E-state index contributed by atoms with van der Waals surface area (Å²) in [7, 11) is 0. The van der Waals surface area contributed by atoms with Gasteiger partial charge in [-0.2, -0.15) is 0 Å². The van der Waals surface area contributed by atoms with Crippen LogP contribution in [-0.4, -0.2) is 36.1 Å². The topological polar surface area (TPSA) is 111 Å². The predicted molar refractivity (Wildman–Crippen MR) is 68.3 cm³/mol. The summed E-state index contributed by atoms with van der Waals surface area (Å²) >= 11 is 0. The highest BCUT2D eigenvalue weighted by atomic mass is 16.6. The molecular weight excluding hydrogens is 266 g/mol. The number of nitro benzene ring substituents is 1. The Hall–Kier alpha value is -2.48. The lowest BCUT2D eigenvalue weighted by atomic mass is 10.2. The van der Waals surface area contributed by atoms with Gasteiger partial charge in [0.2, 0.25) is 0 Å². The van der Waals surface area contributed by atoms with Crippen LogP contribution < -0.4 is 10.6 Å². The number of ether oxygens (including phenoxy) is 1. The monoisotopic (exact) mass is 279 g/mol. The van der Waals surface area contributed by atoms with Gasteiger partial charge in [-0.25, -0.2) is 9.59 Å². The molecule has 1 aliphatic rings. The van der Waals surface area contributed by atoms with Crippen LogP contribution in [0.15, 0.2) is 24.3 Å². The Balaban J connectivity index is 1.90. The number of hydrogen-bond acceptors (Lipinski definition) is 6. The third-order valence-corrected chi connectivity index (χ3v) is 2.88. The summed E-state index contributed by atoms with van der Waals surface area (Å²) in [5.74, 6) is -0.844. The van der Waals surface area contributed by atoms with E-state index < -0.39 is 17.0 Å². The Morgan fingerprint density at radius 2 is 2.05 bits per heavy atom. The van der Waals surface area contributed by atoms with Crippen molar-refractivity contribution in [2.75, 3.05) is 13.1 Å². The third-order valence-electron chi connectivity index (χ3n) is 2.88. The Morgan fingerprint density at radius 1 is 1.35 bits per heavy atom. The quantitative estimate of drug-likeness (QED) is 0.367. The molecule has 1 atom stereocenters. The van der Waals surface area contributed by atoms with E-state index in [1.807, 2.05) is 0 Å². The molecule has 0 saturated carbocycles. The van der Waals surface area contributed by atoms with Crippen molar-refractivity contribution in [3.05, 3.63) is 39.9 Å². The van der Waals surface area contributed by atoms with Crippen molar-refractivity contribution in [1.29, 1.82) is 0 Å². The summed E-state index contributed by atoms with van der Waals surface area (Å²) in [4.78, 5) is 33.0. The smallest absolute Gasteiger partial charge is 0.373 e. The number of nitro groups is 1. The molecule has 106 valence electrons. The van der Waals surface area contributed by atoms with Crippen molar-refractivity contribution in [2.24, 2.45) is 0 Å². The third kappa shape index (κ3) is 3.51. The Morgan fingerprint density at radius 3 is 2.60 bits per heavy atom. The minimum absolute atomic E-state index is 0.0489. The molecule has 1 aliphatic heterocycles. The Bertz CT molecular complexity index is 522. The van der Waals surface area contributed by atoms with Gasteiger partial charge in [0.05, 0.1) is 10.5 Å². The van der Waals surface area contributed by atoms with Crippen LogP contribution in [-0.2, 0) is 4.74 Å². The summed E-state index contributed by atoms with van der Waals surface area (Å²) in [6, 6.07) is 4.78. The number of carbonyl (C=O) groups is 2. The van der Waals surface area contributed by atoms with Gasteiger partial charge in [-0.3, -0.25) is 10.1 Å². The fourth-order valence-electron chi connectivity index (χ4n) is 1.84. The summed E-state index contributed by atoms with van der Waals surface area (Å²) in [6.45, 7) is 1.45. The molecule has 8 nitrogen and oxygen atoms in total. The minimum atomic E-state index is -0.844. The van der Waals surface area contributed by atoms with Crippen LogP contribution in [0.1, 0.15) is 16.8 Å². The fraction of sp³-hybridized carbons (Fsp3) is 0.333. The standard InChI is InChI=1S/C12H13N3O5/c16-11(8-1-3-10(4-2-8)15(18)19)20-12(17)14-9-5-6-13-7-9/h1-4,9,13H,5-7H2,(H,14,17)/t9-/m0/s1. The van der Waals surface area contributed by atoms with Crippen LogP contribution in [0.4, 0.5) is 10.5 Å². The fourth-order valence-corrected chi connectivity index (χ4v) is 1.84. The van der Waals surface area contributed by atoms with E-state index in [1.54, 1.807) is 0 Å². The van der Waals surface area contributed by atoms with Crippen molar-refractivity contribution in [3.8, 4) is 0 Å². The lowest BCUT2D eigenvalue weighted by molar-refractivity contribution is -0.384. The number of hydrogen-bond donors (Lipinski definition) is 2. The van der Waals surface area contributed by atoms with Crippen molar-refractivity contribution < 1.29 is 19.2 Å². The first-order chi connectivity index (χ1) is 9.56. The maximum Gasteiger partial charge on any atom is 0.415 e. The molecule has 2 N–H and O–H groups in total. The molecule has 1 fully saturated rings. The normalized spacial score (nSPS) is 17.5. The number of esters is 1. The first-order valence-electron chi connectivity index (χ1n) is 6.04. The second-order valence-corrected chi connectivity index (χ2v) is 4.32. The van der Waals surface area contributed by atoms with Crippen LogP contribution in [0, 0.1) is 10.1 Å². The van der Waals surface area contributed by atoms with Crippen molar-refractivity contribution in [1.82, 2.24) is 10.6 Å². The van der Waals surface area contributed by atoms with Crippen LogP contribution >= 0.6 is 0 Å². The maximum absolute atomic E-state index is 11.6. The van der Waals surface area contributed by atoms with Gasteiger partial charge >= 0.3 is 12.1 Å². The maximum atomic E-state index is 11.6. The van der Waals surface area contributed by atoms with Gasteiger partial charge < -0.3 is 15.4 Å². The zero-order valence-corrected chi connectivity index (χ0v) is 10.5. The van der Waals surface area contributed by atoms with E-state index >= 15 is 0 Å². The number of benzene rings is 1. The van der Waals surface area contributed by atoms with E-state index in [0.717, 1.165) is 13.0 Å². The summed E-state index contributed by atoms with van der Waals surface area (Å²) < 4.78 is 4.61. The van der Waals surface area contributed by atoms with E-state index in [2.05, 4.69) is 15.4 Å². The summed E-state index contributed by atoms with van der Waals surface area (Å²) in [5.41, 5.74) is -0.0571. The molecule has 0 spiro atoms. The molecule has 1 amide bonds. The van der Waals surface area contributed by atoms with Gasteiger partial charge in [0.25, 0.3) is 5.69 Å². The number of rotatable bonds is 3.